The molecule has 0 aromatic rings. The van der Waals surface area contributed by atoms with Crippen molar-refractivity contribution in [1.82, 2.24) is 0 Å². The van der Waals surface area contributed by atoms with Crippen LogP contribution in [0.2, 0.25) is 0 Å². The van der Waals surface area contributed by atoms with E-state index in [-0.39, 0.29) is 0 Å². The van der Waals surface area contributed by atoms with E-state index in [0.29, 0.717) is 0 Å². The zero-order valence-corrected chi connectivity index (χ0v) is 36.6. The lowest BCUT2D eigenvalue weighted by molar-refractivity contribution is -0.891. The maximum atomic E-state index is 2.48. The van der Waals surface area contributed by atoms with Gasteiger partial charge in [-0.2, -0.15) is 0 Å². The van der Waals surface area contributed by atoms with Gasteiger partial charge in [-0.15, -0.1) is 0 Å². The predicted octanol–water partition coefficient (Wildman–Crippen LogP) is 16.0. The Bertz CT molecular complexity index is 572. The minimum Gasteiger partial charge on any atom is -0.328 e. The first kappa shape index (κ1) is 49.9. The van der Waals surface area contributed by atoms with Gasteiger partial charge in [-0.3, -0.25) is 0 Å². The lowest BCUT2D eigenvalue weighted by atomic mass is 10.0. The minimum atomic E-state index is 1.24. The van der Waals surface area contributed by atoms with Crippen molar-refractivity contribution in [2.45, 2.75) is 258 Å². The molecule has 302 valence electrons. The molecule has 0 aliphatic carbocycles. The third kappa shape index (κ3) is 40.7. The predicted molar refractivity (Wildman–Crippen MR) is 230 cm³/mol. The van der Waals surface area contributed by atoms with Crippen LogP contribution in [0.3, 0.4) is 0 Å². The van der Waals surface area contributed by atoms with Gasteiger partial charge in [-0.1, -0.05) is 206 Å². The molecule has 0 saturated carbocycles. The molecule has 0 amide bonds. The molecule has 2 heteroatoms. The van der Waals surface area contributed by atoms with E-state index in [0.717, 1.165) is 0 Å². The monoisotopic (exact) mass is 707 g/mol. The quantitative estimate of drug-likeness (QED) is 0.0437. The van der Waals surface area contributed by atoms with E-state index in [4.69, 9.17) is 0 Å². The van der Waals surface area contributed by atoms with Gasteiger partial charge in [0.2, 0.25) is 0 Å². The molecule has 0 fully saturated rings. The van der Waals surface area contributed by atoms with E-state index in [1.807, 2.05) is 0 Å². The lowest BCUT2D eigenvalue weighted by Crippen LogP contribution is -2.41. The Morgan fingerprint density at radius 1 is 0.180 bits per heavy atom. The molecule has 50 heavy (non-hydrogen) atoms. The molecule has 0 heterocycles. The highest BCUT2D eigenvalue weighted by Crippen LogP contribution is 2.17. The minimum absolute atomic E-state index is 1.24. The largest absolute Gasteiger partial charge is 0.328 e. The summed E-state index contributed by atoms with van der Waals surface area (Å²) < 4.78 is 2.47. The second-order valence-electron chi connectivity index (χ2n) is 18.5. The molecule has 0 aromatic carbocycles. The Morgan fingerprint density at radius 2 is 0.300 bits per heavy atom. The van der Waals surface area contributed by atoms with Crippen LogP contribution in [-0.4, -0.2) is 63.3 Å². The third-order valence-corrected chi connectivity index (χ3v) is 12.0. The molecular formula is C48H102N2+2. The van der Waals surface area contributed by atoms with Crippen molar-refractivity contribution in [3.63, 3.8) is 0 Å². The van der Waals surface area contributed by atoms with Crippen LogP contribution in [0.25, 0.3) is 0 Å². The van der Waals surface area contributed by atoms with Gasteiger partial charge in [-0.25, -0.2) is 0 Å². The van der Waals surface area contributed by atoms with Crippen molar-refractivity contribution in [2.24, 2.45) is 0 Å². The van der Waals surface area contributed by atoms with Crippen LogP contribution >= 0.6 is 0 Å². The summed E-state index contributed by atoms with van der Waals surface area (Å²) in [5.41, 5.74) is 0. The Labute approximate surface area is 320 Å². The van der Waals surface area contributed by atoms with Gasteiger partial charge in [0.25, 0.3) is 0 Å². The molecule has 0 radical (unpaired) electrons. The maximum Gasteiger partial charge on any atom is 0.0782 e. The highest BCUT2D eigenvalue weighted by molar-refractivity contribution is 4.53. The number of unbranched alkanes of at least 4 members (excludes halogenated alkanes) is 35. The molecule has 0 N–H and O–H groups in total. The summed E-state index contributed by atoms with van der Waals surface area (Å²) in [6.45, 7) is 10.1. The fourth-order valence-corrected chi connectivity index (χ4v) is 8.19. The average molecular weight is 707 g/mol. The van der Waals surface area contributed by atoms with Gasteiger partial charge in [0, 0.05) is 0 Å². The van der Waals surface area contributed by atoms with Gasteiger partial charge >= 0.3 is 0 Å². The number of quaternary nitrogens is 2. The van der Waals surface area contributed by atoms with Gasteiger partial charge in [0.05, 0.1) is 54.4 Å². The number of hydrogen-bond acceptors (Lipinski definition) is 0. The van der Waals surface area contributed by atoms with E-state index >= 15 is 0 Å². The van der Waals surface area contributed by atoms with E-state index in [9.17, 15) is 0 Å². The van der Waals surface area contributed by atoms with Gasteiger partial charge in [0.15, 0.2) is 0 Å². The van der Waals surface area contributed by atoms with Crippen LogP contribution < -0.4 is 0 Å². The fraction of sp³-hybridized carbons (Fsp3) is 1.00. The average Bonchev–Trinajstić information content (AvgIpc) is 3.09. The standard InChI is InChI=1S/C48H102N2/c1-7-9-11-13-15-17-19-21-23-25-27-29-31-33-35-37-41-45-49(3,4)47-43-39-40-44-48-50(5,6)46-42-38-36-34-32-30-28-26-24-22-20-18-16-14-12-10-8-2/h7-48H2,1-6H3/q+2. The van der Waals surface area contributed by atoms with Crippen molar-refractivity contribution in [1.29, 1.82) is 0 Å². The molecular weight excluding hydrogens is 605 g/mol. The van der Waals surface area contributed by atoms with E-state index in [2.05, 4.69) is 42.0 Å². The van der Waals surface area contributed by atoms with Crippen LogP contribution in [0.15, 0.2) is 0 Å². The molecule has 0 saturated heterocycles. The summed E-state index contributed by atoms with van der Waals surface area (Å²) >= 11 is 0. The first-order valence-electron chi connectivity index (χ1n) is 24.0. The Hall–Kier alpha value is -0.0800. The molecule has 0 bridgehead atoms. The van der Waals surface area contributed by atoms with Gasteiger partial charge in [-0.05, 0) is 51.4 Å². The highest BCUT2D eigenvalue weighted by atomic mass is 15.3. The SMILES string of the molecule is CCCCCCCCCCCCCCCCCCC[N+](C)(C)CCCCCC[N+](C)(C)CCCCCCCCCCCCCCCCCCC. The summed E-state index contributed by atoms with van der Waals surface area (Å²) in [5, 5.41) is 0. The molecule has 0 aliphatic heterocycles. The molecule has 0 atom stereocenters. The van der Waals surface area contributed by atoms with Gasteiger partial charge in [0.1, 0.15) is 0 Å². The molecule has 0 aliphatic rings. The fourth-order valence-electron chi connectivity index (χ4n) is 8.19. The Morgan fingerprint density at radius 3 is 0.440 bits per heavy atom. The van der Waals surface area contributed by atoms with Crippen LogP contribution in [0.1, 0.15) is 258 Å². The van der Waals surface area contributed by atoms with Crippen LogP contribution in [0.5, 0.6) is 0 Å². The van der Waals surface area contributed by atoms with E-state index in [1.165, 1.54) is 279 Å². The van der Waals surface area contributed by atoms with Crippen molar-refractivity contribution >= 4 is 0 Å². The Balaban J connectivity index is 3.44. The van der Waals surface area contributed by atoms with Crippen molar-refractivity contribution < 1.29 is 8.97 Å². The third-order valence-electron chi connectivity index (χ3n) is 12.0. The maximum absolute atomic E-state index is 2.48. The molecule has 0 unspecified atom stereocenters. The first-order chi connectivity index (χ1) is 24.3. The summed E-state index contributed by atoms with van der Waals surface area (Å²) in [5.74, 6) is 0. The van der Waals surface area contributed by atoms with E-state index < -0.39 is 0 Å². The lowest BCUT2D eigenvalue weighted by Gasteiger charge is -2.31. The zero-order chi connectivity index (χ0) is 36.7. The molecule has 2 nitrogen and oxygen atoms in total. The number of hydrogen-bond donors (Lipinski definition) is 0. The summed E-state index contributed by atoms with van der Waals surface area (Å²) in [6.07, 6.45) is 55.5. The second-order valence-corrected chi connectivity index (χ2v) is 18.5. The van der Waals surface area contributed by atoms with Gasteiger partial charge < -0.3 is 8.97 Å². The summed E-state index contributed by atoms with van der Waals surface area (Å²) in [6, 6.07) is 0. The number of rotatable bonds is 43. The van der Waals surface area contributed by atoms with Crippen LogP contribution in [0, 0.1) is 0 Å². The normalized spacial score (nSPS) is 12.4. The summed E-state index contributed by atoms with van der Waals surface area (Å²) in [4.78, 5) is 0. The topological polar surface area (TPSA) is 0 Å². The smallest absolute Gasteiger partial charge is 0.0782 e. The van der Waals surface area contributed by atoms with Crippen LogP contribution in [-0.2, 0) is 0 Å². The molecule has 0 spiro atoms. The summed E-state index contributed by atoms with van der Waals surface area (Å²) in [7, 11) is 9.91. The van der Waals surface area contributed by atoms with Crippen molar-refractivity contribution in [3.05, 3.63) is 0 Å². The van der Waals surface area contributed by atoms with Crippen molar-refractivity contribution in [3.8, 4) is 0 Å². The second kappa shape index (κ2) is 38.6. The highest BCUT2D eigenvalue weighted by Gasteiger charge is 2.16. The van der Waals surface area contributed by atoms with Crippen LogP contribution in [0.4, 0.5) is 0 Å². The first-order valence-corrected chi connectivity index (χ1v) is 24.0. The molecule has 0 aromatic heterocycles. The molecule has 0 rings (SSSR count). The Kier molecular flexibility index (Phi) is 38.6. The van der Waals surface area contributed by atoms with E-state index in [1.54, 1.807) is 0 Å². The van der Waals surface area contributed by atoms with Crippen molar-refractivity contribution in [2.75, 3.05) is 54.4 Å². The number of nitrogens with zero attached hydrogens (tertiary/aromatic N) is 2. The zero-order valence-electron chi connectivity index (χ0n) is 36.6.